The first-order valence-electron chi connectivity index (χ1n) is 12.3. The molecule has 0 aliphatic rings. The molecule has 32 heavy (non-hydrogen) atoms. The largest absolute Gasteiger partial charge is 0.355 e. The molecule has 0 bridgehead atoms. The summed E-state index contributed by atoms with van der Waals surface area (Å²) in [7, 11) is 0. The number of thiophene rings is 1. The summed E-state index contributed by atoms with van der Waals surface area (Å²) in [5.74, 6) is 0.0311. The number of hydrogen-bond acceptors (Lipinski definition) is 6. The molecule has 0 atom stereocenters. The van der Waals surface area contributed by atoms with Crippen LogP contribution in [-0.2, 0) is 11.3 Å². The predicted molar refractivity (Wildman–Crippen MR) is 140 cm³/mol. The summed E-state index contributed by atoms with van der Waals surface area (Å²) in [6, 6.07) is 4.11. The van der Waals surface area contributed by atoms with Crippen LogP contribution in [0.1, 0.15) is 102 Å². The lowest BCUT2D eigenvalue weighted by atomic mass is 10.1. The lowest BCUT2D eigenvalue weighted by Crippen LogP contribution is -2.10. The third-order valence-corrected chi connectivity index (χ3v) is 7.00. The van der Waals surface area contributed by atoms with Gasteiger partial charge in [0.15, 0.2) is 0 Å². The summed E-state index contributed by atoms with van der Waals surface area (Å²) >= 11 is 3.08. The molecular formula is C25H40N4OS2. The van der Waals surface area contributed by atoms with E-state index in [1.807, 2.05) is 6.07 Å². The van der Waals surface area contributed by atoms with Gasteiger partial charge in [-0.05, 0) is 43.6 Å². The van der Waals surface area contributed by atoms with Crippen molar-refractivity contribution >= 4 is 38.8 Å². The minimum Gasteiger partial charge on any atom is -0.355 e. The number of unbranched alkanes of at least 4 members (excludes halogenated alkanes) is 11. The van der Waals surface area contributed by atoms with Crippen LogP contribution in [0.2, 0.25) is 0 Å². The highest BCUT2D eigenvalue weighted by molar-refractivity contribution is 7.19. The molecule has 0 spiro atoms. The van der Waals surface area contributed by atoms with Gasteiger partial charge in [-0.2, -0.15) is 0 Å². The van der Waals surface area contributed by atoms with E-state index in [4.69, 9.17) is 0 Å². The standard InChI is InChI=1S/C25H40N4OS2/c1-2-3-4-5-6-7-8-9-10-11-12-13-14-15-16-19-23(30)27-25-29-28-24(32-25)26-21-22-18-17-20-31-22/h9-10,17-18,20H,2-8,11-16,19,21H2,1H3,(H,26,28)(H,27,29,30). The lowest BCUT2D eigenvalue weighted by Gasteiger charge is -2.02. The Labute approximate surface area is 202 Å². The third-order valence-electron chi connectivity index (χ3n) is 5.33. The highest BCUT2D eigenvalue weighted by Gasteiger charge is 2.08. The maximum Gasteiger partial charge on any atom is 0.226 e. The Hall–Kier alpha value is -1.73. The van der Waals surface area contributed by atoms with Gasteiger partial charge in [-0.3, -0.25) is 4.79 Å². The number of carbonyl (C=O) groups is 1. The smallest absolute Gasteiger partial charge is 0.226 e. The van der Waals surface area contributed by atoms with E-state index in [2.05, 4.69) is 51.4 Å². The molecule has 1 amide bonds. The van der Waals surface area contributed by atoms with Crippen LogP contribution in [0, 0.1) is 0 Å². The number of rotatable bonds is 19. The average molecular weight is 477 g/mol. The zero-order chi connectivity index (χ0) is 22.7. The summed E-state index contributed by atoms with van der Waals surface area (Å²) in [4.78, 5) is 13.3. The highest BCUT2D eigenvalue weighted by atomic mass is 32.1. The molecule has 2 aromatic heterocycles. The summed E-state index contributed by atoms with van der Waals surface area (Å²) in [6.45, 7) is 3.00. The molecule has 2 aromatic rings. The van der Waals surface area contributed by atoms with E-state index in [1.54, 1.807) is 11.3 Å². The second-order valence-corrected chi connectivity index (χ2v) is 10.2. The normalized spacial score (nSPS) is 11.3. The van der Waals surface area contributed by atoms with Crippen LogP contribution >= 0.6 is 22.7 Å². The van der Waals surface area contributed by atoms with Gasteiger partial charge in [0.2, 0.25) is 16.2 Å². The number of allylic oxidation sites excluding steroid dienone is 2. The zero-order valence-electron chi connectivity index (χ0n) is 19.6. The number of hydrogen-bond donors (Lipinski definition) is 2. The Bertz CT molecular complexity index is 743. The minimum atomic E-state index is 0.0311. The summed E-state index contributed by atoms with van der Waals surface area (Å²) < 4.78 is 0. The van der Waals surface area contributed by atoms with Crippen LogP contribution in [-0.4, -0.2) is 16.1 Å². The van der Waals surface area contributed by atoms with Gasteiger partial charge < -0.3 is 10.6 Å². The van der Waals surface area contributed by atoms with Crippen molar-refractivity contribution in [2.75, 3.05) is 10.6 Å². The molecule has 2 heterocycles. The molecule has 0 saturated heterocycles. The zero-order valence-corrected chi connectivity index (χ0v) is 21.2. The first kappa shape index (κ1) is 26.5. The molecule has 2 N–H and O–H groups in total. The third kappa shape index (κ3) is 13.0. The molecule has 0 saturated carbocycles. The first-order chi connectivity index (χ1) is 15.8. The van der Waals surface area contributed by atoms with Gasteiger partial charge in [-0.15, -0.1) is 21.5 Å². The molecule has 0 aromatic carbocycles. The van der Waals surface area contributed by atoms with Crippen molar-refractivity contribution in [3.05, 3.63) is 34.5 Å². The molecule has 0 aliphatic carbocycles. The second-order valence-electron chi connectivity index (χ2n) is 8.23. The maximum absolute atomic E-state index is 12.1. The number of aromatic nitrogens is 2. The summed E-state index contributed by atoms with van der Waals surface area (Å²) in [5, 5.41) is 17.6. The Morgan fingerprint density at radius 3 is 2.25 bits per heavy atom. The van der Waals surface area contributed by atoms with E-state index >= 15 is 0 Å². The van der Waals surface area contributed by atoms with Crippen LogP contribution in [0.3, 0.4) is 0 Å². The SMILES string of the molecule is CCCCCCCCC=CCCCCCCCC(=O)Nc1nnc(NCc2cccs2)s1. The predicted octanol–water partition coefficient (Wildman–Crippen LogP) is 8.19. The van der Waals surface area contributed by atoms with Gasteiger partial charge in [-0.25, -0.2) is 0 Å². The van der Waals surface area contributed by atoms with E-state index in [0.717, 1.165) is 24.5 Å². The van der Waals surface area contributed by atoms with E-state index in [1.165, 1.54) is 86.8 Å². The van der Waals surface area contributed by atoms with E-state index in [0.29, 0.717) is 11.6 Å². The van der Waals surface area contributed by atoms with Crippen LogP contribution in [0.5, 0.6) is 0 Å². The van der Waals surface area contributed by atoms with Gasteiger partial charge >= 0.3 is 0 Å². The summed E-state index contributed by atoms with van der Waals surface area (Å²) in [6.07, 6.45) is 21.7. The highest BCUT2D eigenvalue weighted by Crippen LogP contribution is 2.21. The Morgan fingerprint density at radius 2 is 1.56 bits per heavy atom. The van der Waals surface area contributed by atoms with Crippen LogP contribution in [0.25, 0.3) is 0 Å². The van der Waals surface area contributed by atoms with Crippen molar-refractivity contribution in [3.63, 3.8) is 0 Å². The van der Waals surface area contributed by atoms with Gasteiger partial charge in [0.25, 0.3) is 0 Å². The molecule has 0 aliphatic heterocycles. The quantitative estimate of drug-likeness (QED) is 0.158. The van der Waals surface area contributed by atoms with E-state index in [-0.39, 0.29) is 5.91 Å². The molecule has 178 valence electrons. The molecule has 0 fully saturated rings. The fraction of sp³-hybridized carbons (Fsp3) is 0.640. The first-order valence-corrected chi connectivity index (χ1v) is 14.0. The summed E-state index contributed by atoms with van der Waals surface area (Å²) in [5.41, 5.74) is 0. The maximum atomic E-state index is 12.1. The van der Waals surface area contributed by atoms with Gasteiger partial charge in [0.1, 0.15) is 0 Å². The van der Waals surface area contributed by atoms with Crippen molar-refractivity contribution in [3.8, 4) is 0 Å². The van der Waals surface area contributed by atoms with E-state index < -0.39 is 0 Å². The van der Waals surface area contributed by atoms with Crippen molar-refractivity contribution in [2.45, 2.75) is 103 Å². The molecule has 5 nitrogen and oxygen atoms in total. The fourth-order valence-electron chi connectivity index (χ4n) is 3.46. The monoisotopic (exact) mass is 476 g/mol. The second kappa shape index (κ2) is 17.8. The van der Waals surface area contributed by atoms with Crippen LogP contribution < -0.4 is 10.6 Å². The molecule has 0 unspecified atom stereocenters. The number of amides is 1. The fourth-order valence-corrected chi connectivity index (χ4v) is 4.76. The van der Waals surface area contributed by atoms with Gasteiger partial charge in [0.05, 0.1) is 6.54 Å². The van der Waals surface area contributed by atoms with Crippen molar-refractivity contribution in [1.82, 2.24) is 10.2 Å². The number of carbonyl (C=O) groups excluding carboxylic acids is 1. The van der Waals surface area contributed by atoms with Crippen molar-refractivity contribution in [1.29, 1.82) is 0 Å². The Kier molecular flexibility index (Phi) is 14.7. The number of anilines is 2. The van der Waals surface area contributed by atoms with Crippen molar-refractivity contribution in [2.24, 2.45) is 0 Å². The Balaban J connectivity index is 1.39. The lowest BCUT2D eigenvalue weighted by molar-refractivity contribution is -0.116. The molecular weight excluding hydrogens is 436 g/mol. The molecule has 7 heteroatoms. The Morgan fingerprint density at radius 1 is 0.906 bits per heavy atom. The van der Waals surface area contributed by atoms with E-state index in [9.17, 15) is 4.79 Å². The number of nitrogens with zero attached hydrogens (tertiary/aromatic N) is 2. The van der Waals surface area contributed by atoms with Gasteiger partial charge in [0, 0.05) is 11.3 Å². The van der Waals surface area contributed by atoms with Crippen LogP contribution in [0.15, 0.2) is 29.7 Å². The van der Waals surface area contributed by atoms with Gasteiger partial charge in [-0.1, -0.05) is 87.8 Å². The topological polar surface area (TPSA) is 66.9 Å². The average Bonchev–Trinajstić information content (AvgIpc) is 3.47. The van der Waals surface area contributed by atoms with Crippen LogP contribution in [0.4, 0.5) is 10.3 Å². The minimum absolute atomic E-state index is 0.0311. The molecule has 0 radical (unpaired) electrons. The van der Waals surface area contributed by atoms with Crippen molar-refractivity contribution < 1.29 is 4.79 Å². The molecule has 2 rings (SSSR count). The number of nitrogens with one attached hydrogen (secondary N) is 2.